The fraction of sp³-hybridized carbons (Fsp3) is 0.500. The van der Waals surface area contributed by atoms with E-state index in [2.05, 4.69) is 64.2 Å². The van der Waals surface area contributed by atoms with Gasteiger partial charge in [0.15, 0.2) is 0 Å². The molecule has 0 amide bonds. The molecule has 0 unspecified atom stereocenters. The second-order valence-corrected chi connectivity index (χ2v) is 6.65. The number of rotatable bonds is 5. The molecule has 1 N–H and O–H groups in total. The third kappa shape index (κ3) is 5.89. The number of hydrogen-bond donors (Lipinski definition) is 1. The molecule has 1 heteroatoms. The van der Waals surface area contributed by atoms with E-state index in [1.54, 1.807) is 0 Å². The van der Waals surface area contributed by atoms with Crippen LogP contribution >= 0.6 is 0 Å². The van der Waals surface area contributed by atoms with E-state index in [1.165, 1.54) is 35.1 Å². The average molecular weight is 286 g/mol. The topological polar surface area (TPSA) is 20.2 Å². The molecule has 1 nitrogen and oxygen atoms in total. The van der Waals surface area contributed by atoms with Crippen molar-refractivity contribution in [3.05, 3.63) is 58.7 Å². The van der Waals surface area contributed by atoms with E-state index in [4.69, 9.17) is 5.11 Å². The summed E-state index contributed by atoms with van der Waals surface area (Å²) >= 11 is 0. The number of hydrogen-bond acceptors (Lipinski definition) is 1. The minimum absolute atomic E-state index is 0.220. The minimum Gasteiger partial charge on any atom is -0.396 e. The first-order chi connectivity index (χ1) is 9.86. The molecule has 0 aliphatic heterocycles. The first kappa shape index (κ1) is 17.7. The highest BCUT2D eigenvalue weighted by Crippen LogP contribution is 2.40. The van der Waals surface area contributed by atoms with Gasteiger partial charge in [-0.2, -0.15) is 0 Å². The van der Waals surface area contributed by atoms with E-state index >= 15 is 0 Å². The summed E-state index contributed by atoms with van der Waals surface area (Å²) in [5.41, 5.74) is 5.58. The molecule has 1 rings (SSSR count). The molecular weight excluding hydrogens is 256 g/mol. The Bertz CT molecular complexity index is 496. The third-order valence-electron chi connectivity index (χ3n) is 4.13. The molecule has 0 saturated heterocycles. The van der Waals surface area contributed by atoms with E-state index in [-0.39, 0.29) is 12.0 Å². The van der Waals surface area contributed by atoms with Gasteiger partial charge in [-0.15, -0.1) is 0 Å². The second-order valence-electron chi connectivity index (χ2n) is 6.65. The van der Waals surface area contributed by atoms with E-state index in [9.17, 15) is 0 Å². The lowest BCUT2D eigenvalue weighted by Crippen LogP contribution is -2.18. The monoisotopic (exact) mass is 286 g/mol. The van der Waals surface area contributed by atoms with Gasteiger partial charge in [0, 0.05) is 6.61 Å². The zero-order chi connectivity index (χ0) is 15.9. The van der Waals surface area contributed by atoms with Crippen molar-refractivity contribution in [2.24, 2.45) is 5.41 Å². The summed E-state index contributed by atoms with van der Waals surface area (Å²) in [4.78, 5) is 0. The van der Waals surface area contributed by atoms with Crippen molar-refractivity contribution in [3.63, 3.8) is 0 Å². The molecule has 0 aromatic carbocycles. The summed E-state index contributed by atoms with van der Waals surface area (Å²) in [5, 5.41) is 8.86. The van der Waals surface area contributed by atoms with Gasteiger partial charge >= 0.3 is 0 Å². The molecular formula is C20H30O. The van der Waals surface area contributed by atoms with Crippen LogP contribution in [0.3, 0.4) is 0 Å². The summed E-state index contributed by atoms with van der Waals surface area (Å²) in [7, 11) is 0. The van der Waals surface area contributed by atoms with Gasteiger partial charge in [-0.3, -0.25) is 0 Å². The fourth-order valence-corrected chi connectivity index (χ4v) is 2.68. The van der Waals surface area contributed by atoms with Crippen molar-refractivity contribution >= 4 is 0 Å². The lowest BCUT2D eigenvalue weighted by atomic mass is 9.73. The second kappa shape index (κ2) is 8.19. The lowest BCUT2D eigenvalue weighted by Gasteiger charge is -2.32. The molecule has 116 valence electrons. The zero-order valence-corrected chi connectivity index (χ0v) is 14.2. The summed E-state index contributed by atoms with van der Waals surface area (Å²) in [6.45, 7) is 11.3. The van der Waals surface area contributed by atoms with Gasteiger partial charge in [0.2, 0.25) is 0 Å². The van der Waals surface area contributed by atoms with E-state index in [0.29, 0.717) is 0 Å². The molecule has 0 aromatic heterocycles. The highest BCUT2D eigenvalue weighted by molar-refractivity contribution is 5.40. The maximum Gasteiger partial charge on any atom is 0.0468 e. The lowest BCUT2D eigenvalue weighted by molar-refractivity contribution is 0.299. The molecule has 0 atom stereocenters. The summed E-state index contributed by atoms with van der Waals surface area (Å²) in [6, 6.07) is 0. The van der Waals surface area contributed by atoms with Crippen molar-refractivity contribution in [1.82, 2.24) is 0 Å². The average Bonchev–Trinajstić information content (AvgIpc) is 2.37. The van der Waals surface area contributed by atoms with Crippen LogP contribution in [0.4, 0.5) is 0 Å². The molecule has 0 radical (unpaired) electrons. The fourth-order valence-electron chi connectivity index (χ4n) is 2.68. The Hall–Kier alpha value is -1.34. The Morgan fingerprint density at radius 3 is 2.62 bits per heavy atom. The van der Waals surface area contributed by atoms with Gasteiger partial charge in [-0.05, 0) is 51.0 Å². The maximum absolute atomic E-state index is 8.86. The molecule has 0 saturated carbocycles. The number of aliphatic hydroxyl groups excluding tert-OH is 1. The van der Waals surface area contributed by atoms with Gasteiger partial charge in [0.25, 0.3) is 0 Å². The molecule has 0 aromatic rings. The Morgan fingerprint density at radius 2 is 2.00 bits per heavy atom. The van der Waals surface area contributed by atoms with E-state index in [1.807, 2.05) is 6.92 Å². The highest BCUT2D eigenvalue weighted by Gasteiger charge is 2.26. The Balaban J connectivity index is 2.80. The first-order valence-electron chi connectivity index (χ1n) is 7.87. The van der Waals surface area contributed by atoms with Gasteiger partial charge in [0.1, 0.15) is 0 Å². The molecule has 0 heterocycles. The zero-order valence-electron chi connectivity index (χ0n) is 14.2. The SMILES string of the molecule is CC(=C/C=C/C(C)=C/C=C1C(C)=CCCC1(C)C)CCO. The van der Waals surface area contributed by atoms with Crippen molar-refractivity contribution in [1.29, 1.82) is 0 Å². The first-order valence-corrected chi connectivity index (χ1v) is 7.87. The van der Waals surface area contributed by atoms with Crippen LogP contribution in [0, 0.1) is 5.41 Å². The molecule has 21 heavy (non-hydrogen) atoms. The van der Waals surface area contributed by atoms with Crippen LogP contribution < -0.4 is 0 Å². The van der Waals surface area contributed by atoms with Crippen molar-refractivity contribution in [2.75, 3.05) is 6.61 Å². The van der Waals surface area contributed by atoms with Crippen molar-refractivity contribution < 1.29 is 5.11 Å². The van der Waals surface area contributed by atoms with Crippen LogP contribution in [0.25, 0.3) is 0 Å². The highest BCUT2D eigenvalue weighted by atomic mass is 16.2. The van der Waals surface area contributed by atoms with Crippen LogP contribution in [0.15, 0.2) is 58.7 Å². The van der Waals surface area contributed by atoms with Crippen LogP contribution in [0.1, 0.15) is 53.9 Å². The Labute approximate surface area is 130 Å². The quantitative estimate of drug-likeness (QED) is 0.661. The van der Waals surface area contributed by atoms with Crippen molar-refractivity contribution in [3.8, 4) is 0 Å². The van der Waals surface area contributed by atoms with Crippen LogP contribution in [0.2, 0.25) is 0 Å². The maximum atomic E-state index is 8.86. The summed E-state index contributed by atoms with van der Waals surface area (Å²) < 4.78 is 0. The van der Waals surface area contributed by atoms with Gasteiger partial charge < -0.3 is 5.11 Å². The predicted molar refractivity (Wildman–Crippen MR) is 93.2 cm³/mol. The molecule has 0 spiro atoms. The third-order valence-corrected chi connectivity index (χ3v) is 4.13. The molecule has 0 bridgehead atoms. The Morgan fingerprint density at radius 1 is 1.29 bits per heavy atom. The van der Waals surface area contributed by atoms with Gasteiger partial charge in [-0.1, -0.05) is 67.0 Å². The number of allylic oxidation sites excluding steroid dienone is 9. The predicted octanol–water partition coefficient (Wildman–Crippen LogP) is 5.51. The summed E-state index contributed by atoms with van der Waals surface area (Å²) in [6.07, 6.45) is 16.2. The molecule has 1 aliphatic rings. The Kier molecular flexibility index (Phi) is 6.91. The molecule has 1 aliphatic carbocycles. The summed E-state index contributed by atoms with van der Waals surface area (Å²) in [5.74, 6) is 0. The smallest absolute Gasteiger partial charge is 0.0468 e. The van der Waals surface area contributed by atoms with Gasteiger partial charge in [-0.25, -0.2) is 0 Å². The van der Waals surface area contributed by atoms with Crippen LogP contribution in [-0.4, -0.2) is 11.7 Å². The van der Waals surface area contributed by atoms with Crippen LogP contribution in [-0.2, 0) is 0 Å². The van der Waals surface area contributed by atoms with Crippen LogP contribution in [0.5, 0.6) is 0 Å². The largest absolute Gasteiger partial charge is 0.396 e. The standard InChI is InChI=1S/C20H30O/c1-16(8-6-9-17(2)13-15-21)11-12-19-18(3)10-7-14-20(19,4)5/h6,8-12,21H,7,13-15H2,1-5H3/b8-6+,16-11+,17-9?,19-12?. The van der Waals surface area contributed by atoms with E-state index in [0.717, 1.165) is 6.42 Å². The van der Waals surface area contributed by atoms with E-state index < -0.39 is 0 Å². The number of aliphatic hydroxyl groups is 1. The molecule has 0 fully saturated rings. The van der Waals surface area contributed by atoms with Crippen molar-refractivity contribution in [2.45, 2.75) is 53.9 Å². The minimum atomic E-state index is 0.220. The van der Waals surface area contributed by atoms with Gasteiger partial charge in [0.05, 0.1) is 0 Å². The normalized spacial score (nSPS) is 22.0.